The Labute approximate surface area is 104 Å². The highest BCUT2D eigenvalue weighted by molar-refractivity contribution is 5.65. The lowest BCUT2D eigenvalue weighted by Crippen LogP contribution is -2.24. The zero-order chi connectivity index (χ0) is 13.0. The molecule has 3 N–H and O–H groups in total. The SMILES string of the molecule is CCc1nn(C)c(NC(C)CCN(C)C)c1N. The number of hydrogen-bond acceptors (Lipinski definition) is 4. The number of rotatable bonds is 6. The van der Waals surface area contributed by atoms with Crippen LogP contribution in [0.5, 0.6) is 0 Å². The fraction of sp³-hybridized carbons (Fsp3) is 0.750. The van der Waals surface area contributed by atoms with E-state index in [-0.39, 0.29) is 0 Å². The summed E-state index contributed by atoms with van der Waals surface area (Å²) < 4.78 is 1.83. The summed E-state index contributed by atoms with van der Waals surface area (Å²) in [7, 11) is 6.09. The first-order valence-electron chi connectivity index (χ1n) is 6.18. The van der Waals surface area contributed by atoms with Gasteiger partial charge in [-0.05, 0) is 40.4 Å². The van der Waals surface area contributed by atoms with Crippen molar-refractivity contribution in [2.24, 2.45) is 7.05 Å². The molecule has 1 aromatic rings. The number of aromatic nitrogens is 2. The molecule has 17 heavy (non-hydrogen) atoms. The van der Waals surface area contributed by atoms with Crippen LogP contribution in [0.2, 0.25) is 0 Å². The van der Waals surface area contributed by atoms with Gasteiger partial charge in [-0.3, -0.25) is 4.68 Å². The van der Waals surface area contributed by atoms with E-state index in [1.807, 2.05) is 11.7 Å². The van der Waals surface area contributed by atoms with Crippen molar-refractivity contribution in [2.75, 3.05) is 31.7 Å². The van der Waals surface area contributed by atoms with Crippen LogP contribution in [0.3, 0.4) is 0 Å². The zero-order valence-corrected chi connectivity index (χ0v) is 11.6. The minimum absolute atomic E-state index is 0.389. The maximum Gasteiger partial charge on any atom is 0.147 e. The van der Waals surface area contributed by atoms with E-state index in [1.54, 1.807) is 0 Å². The Morgan fingerprint density at radius 3 is 2.59 bits per heavy atom. The first-order valence-corrected chi connectivity index (χ1v) is 6.18. The summed E-state index contributed by atoms with van der Waals surface area (Å²) in [6, 6.07) is 0.389. The van der Waals surface area contributed by atoms with E-state index in [0.29, 0.717) is 6.04 Å². The fourth-order valence-corrected chi connectivity index (χ4v) is 1.79. The lowest BCUT2D eigenvalue weighted by atomic mass is 10.2. The van der Waals surface area contributed by atoms with Crippen molar-refractivity contribution >= 4 is 11.5 Å². The summed E-state index contributed by atoms with van der Waals surface area (Å²) in [5, 5.41) is 7.83. The van der Waals surface area contributed by atoms with Crippen LogP contribution in [0.4, 0.5) is 11.5 Å². The van der Waals surface area contributed by atoms with Crippen molar-refractivity contribution < 1.29 is 0 Å². The third-order valence-corrected chi connectivity index (χ3v) is 2.89. The van der Waals surface area contributed by atoms with Gasteiger partial charge >= 0.3 is 0 Å². The Hall–Kier alpha value is -1.23. The average molecular weight is 239 g/mol. The number of nitrogens with zero attached hydrogens (tertiary/aromatic N) is 3. The van der Waals surface area contributed by atoms with E-state index < -0.39 is 0 Å². The van der Waals surface area contributed by atoms with Gasteiger partial charge in [-0.25, -0.2) is 0 Å². The molecule has 5 nitrogen and oxygen atoms in total. The third-order valence-electron chi connectivity index (χ3n) is 2.89. The van der Waals surface area contributed by atoms with Crippen molar-refractivity contribution in [3.63, 3.8) is 0 Å². The topological polar surface area (TPSA) is 59.1 Å². The van der Waals surface area contributed by atoms with Crippen LogP contribution >= 0.6 is 0 Å². The van der Waals surface area contributed by atoms with Gasteiger partial charge in [0.15, 0.2) is 0 Å². The van der Waals surface area contributed by atoms with Gasteiger partial charge in [0.05, 0.1) is 11.4 Å². The number of nitrogens with one attached hydrogen (secondary N) is 1. The number of aryl methyl sites for hydroxylation is 2. The van der Waals surface area contributed by atoms with Gasteiger partial charge in [0.1, 0.15) is 5.82 Å². The summed E-state index contributed by atoms with van der Waals surface area (Å²) in [6.45, 7) is 5.30. The fourth-order valence-electron chi connectivity index (χ4n) is 1.79. The van der Waals surface area contributed by atoms with Crippen LogP contribution in [0.25, 0.3) is 0 Å². The Morgan fingerprint density at radius 2 is 2.12 bits per heavy atom. The molecule has 0 saturated heterocycles. The minimum atomic E-state index is 0.389. The molecular weight excluding hydrogens is 214 g/mol. The first kappa shape index (κ1) is 13.8. The second-order valence-corrected chi connectivity index (χ2v) is 4.82. The Morgan fingerprint density at radius 1 is 1.47 bits per heavy atom. The Bertz CT molecular complexity index is 356. The molecule has 0 aromatic carbocycles. The van der Waals surface area contributed by atoms with Crippen LogP contribution in [-0.4, -0.2) is 41.4 Å². The van der Waals surface area contributed by atoms with Gasteiger partial charge in [0, 0.05) is 13.1 Å². The molecule has 1 rings (SSSR count). The number of nitrogens with two attached hydrogens (primary N) is 1. The molecule has 0 aliphatic rings. The van der Waals surface area contributed by atoms with Gasteiger partial charge in [0.25, 0.3) is 0 Å². The van der Waals surface area contributed by atoms with Crippen molar-refractivity contribution in [3.8, 4) is 0 Å². The van der Waals surface area contributed by atoms with Crippen LogP contribution in [0.15, 0.2) is 0 Å². The summed E-state index contributed by atoms with van der Waals surface area (Å²) in [4.78, 5) is 2.18. The molecule has 1 heterocycles. The quantitative estimate of drug-likeness (QED) is 0.786. The molecule has 98 valence electrons. The molecule has 1 unspecified atom stereocenters. The Balaban J connectivity index is 2.64. The number of anilines is 2. The molecule has 0 aliphatic carbocycles. The standard InChI is InChI=1S/C12H25N5/c1-6-10-11(13)12(17(5)15-10)14-9(2)7-8-16(3)4/h9,14H,6-8,13H2,1-5H3. The van der Waals surface area contributed by atoms with E-state index in [1.165, 1.54) is 0 Å². The van der Waals surface area contributed by atoms with Crippen molar-refractivity contribution in [3.05, 3.63) is 5.69 Å². The average Bonchev–Trinajstić information content (AvgIpc) is 2.53. The lowest BCUT2D eigenvalue weighted by Gasteiger charge is -2.18. The zero-order valence-electron chi connectivity index (χ0n) is 11.6. The molecule has 0 radical (unpaired) electrons. The van der Waals surface area contributed by atoms with Crippen molar-refractivity contribution in [2.45, 2.75) is 32.7 Å². The van der Waals surface area contributed by atoms with Gasteiger partial charge in [-0.15, -0.1) is 0 Å². The van der Waals surface area contributed by atoms with Crippen molar-refractivity contribution in [1.29, 1.82) is 0 Å². The predicted molar refractivity (Wildman–Crippen MR) is 73.3 cm³/mol. The smallest absolute Gasteiger partial charge is 0.147 e. The molecule has 0 spiro atoms. The highest BCUT2D eigenvalue weighted by Gasteiger charge is 2.13. The van der Waals surface area contributed by atoms with E-state index >= 15 is 0 Å². The van der Waals surface area contributed by atoms with Crippen LogP contribution in [0.1, 0.15) is 26.0 Å². The van der Waals surface area contributed by atoms with Gasteiger partial charge in [-0.1, -0.05) is 6.92 Å². The molecule has 0 amide bonds. The van der Waals surface area contributed by atoms with Crippen molar-refractivity contribution in [1.82, 2.24) is 14.7 Å². The largest absolute Gasteiger partial charge is 0.394 e. The highest BCUT2D eigenvalue weighted by atomic mass is 15.3. The molecular formula is C12H25N5. The lowest BCUT2D eigenvalue weighted by molar-refractivity contribution is 0.390. The number of hydrogen-bond donors (Lipinski definition) is 2. The molecule has 1 aromatic heterocycles. The molecule has 0 saturated carbocycles. The highest BCUT2D eigenvalue weighted by Crippen LogP contribution is 2.23. The number of nitrogen functional groups attached to an aromatic ring is 1. The summed E-state index contributed by atoms with van der Waals surface area (Å²) >= 11 is 0. The summed E-state index contributed by atoms with van der Waals surface area (Å²) in [5.74, 6) is 0.938. The van der Waals surface area contributed by atoms with Gasteiger partial charge < -0.3 is 16.0 Å². The van der Waals surface area contributed by atoms with Gasteiger partial charge in [0.2, 0.25) is 0 Å². The second-order valence-electron chi connectivity index (χ2n) is 4.82. The molecule has 0 bridgehead atoms. The second kappa shape index (κ2) is 5.91. The van der Waals surface area contributed by atoms with E-state index in [4.69, 9.17) is 5.73 Å². The summed E-state index contributed by atoms with van der Waals surface area (Å²) in [6.07, 6.45) is 1.95. The third kappa shape index (κ3) is 3.63. The van der Waals surface area contributed by atoms with E-state index in [2.05, 4.69) is 43.3 Å². The van der Waals surface area contributed by atoms with Crippen LogP contribution < -0.4 is 11.1 Å². The summed E-state index contributed by atoms with van der Waals surface area (Å²) in [5.41, 5.74) is 7.81. The first-order chi connectivity index (χ1) is 7.95. The molecule has 1 atom stereocenters. The predicted octanol–water partition coefficient (Wildman–Crippen LogP) is 1.32. The van der Waals surface area contributed by atoms with Gasteiger partial charge in [-0.2, -0.15) is 5.10 Å². The molecule has 5 heteroatoms. The Kier molecular flexibility index (Phi) is 4.81. The minimum Gasteiger partial charge on any atom is -0.394 e. The van der Waals surface area contributed by atoms with Crippen LogP contribution in [-0.2, 0) is 13.5 Å². The monoisotopic (exact) mass is 239 g/mol. The molecule has 0 fully saturated rings. The van der Waals surface area contributed by atoms with E-state index in [9.17, 15) is 0 Å². The van der Waals surface area contributed by atoms with Crippen LogP contribution in [0, 0.1) is 0 Å². The molecule has 0 aliphatic heterocycles. The van der Waals surface area contributed by atoms with E-state index in [0.717, 1.165) is 36.6 Å². The normalized spacial score (nSPS) is 13.1. The maximum atomic E-state index is 6.06. The maximum absolute atomic E-state index is 6.06.